The van der Waals surface area contributed by atoms with Crippen LogP contribution in [0.15, 0.2) is 30.4 Å². The first-order chi connectivity index (χ1) is 8.13. The molecule has 1 unspecified atom stereocenters. The Morgan fingerprint density at radius 3 is 2.24 bits per heavy atom. The van der Waals surface area contributed by atoms with Gasteiger partial charge in [-0.05, 0) is 25.0 Å². The molecule has 0 aliphatic rings. The highest BCUT2D eigenvalue weighted by molar-refractivity contribution is 5.46. The second-order valence-corrected chi connectivity index (χ2v) is 3.90. The van der Waals surface area contributed by atoms with Gasteiger partial charge in [0.05, 0.1) is 25.9 Å². The van der Waals surface area contributed by atoms with E-state index in [0.717, 1.165) is 12.0 Å². The number of methoxy groups -OCH3 is 2. The third kappa shape index (κ3) is 3.24. The van der Waals surface area contributed by atoms with Gasteiger partial charge in [0, 0.05) is 0 Å². The van der Waals surface area contributed by atoms with Crippen molar-refractivity contribution in [3.8, 4) is 11.5 Å². The third-order valence-corrected chi connectivity index (χ3v) is 2.78. The van der Waals surface area contributed by atoms with Gasteiger partial charge in [-0.25, -0.2) is 0 Å². The summed E-state index contributed by atoms with van der Waals surface area (Å²) in [4.78, 5) is 0. The molecule has 0 fully saturated rings. The molecule has 0 saturated heterocycles. The second-order valence-electron chi connectivity index (χ2n) is 3.90. The molecule has 0 aromatic heterocycles. The molecule has 94 valence electrons. The van der Waals surface area contributed by atoms with E-state index in [1.165, 1.54) is 0 Å². The highest BCUT2D eigenvalue weighted by Gasteiger charge is 2.18. The Hall–Kier alpha value is -1.48. The van der Waals surface area contributed by atoms with Gasteiger partial charge in [-0.2, -0.15) is 0 Å². The van der Waals surface area contributed by atoms with E-state index in [9.17, 15) is 5.11 Å². The van der Waals surface area contributed by atoms with E-state index in [0.29, 0.717) is 23.5 Å². The summed E-state index contributed by atoms with van der Waals surface area (Å²) in [5.41, 5.74) is 1.69. The molecule has 0 heterocycles. The number of rotatable bonds is 6. The summed E-state index contributed by atoms with van der Waals surface area (Å²) in [6.45, 7) is 5.93. The van der Waals surface area contributed by atoms with Gasteiger partial charge in [-0.1, -0.05) is 25.1 Å². The molecule has 0 aliphatic carbocycles. The van der Waals surface area contributed by atoms with Crippen LogP contribution in [-0.4, -0.2) is 19.3 Å². The Morgan fingerprint density at radius 2 is 1.82 bits per heavy atom. The summed E-state index contributed by atoms with van der Waals surface area (Å²) in [7, 11) is 3.17. The van der Waals surface area contributed by atoms with Crippen LogP contribution in [0.25, 0.3) is 0 Å². The van der Waals surface area contributed by atoms with Crippen molar-refractivity contribution in [2.45, 2.75) is 25.9 Å². The van der Waals surface area contributed by atoms with Gasteiger partial charge in [0.15, 0.2) is 0 Å². The molecule has 17 heavy (non-hydrogen) atoms. The molecule has 0 bridgehead atoms. The first-order valence-electron chi connectivity index (χ1n) is 5.69. The molecular formula is C14H20O3. The van der Waals surface area contributed by atoms with Crippen LogP contribution in [0.2, 0.25) is 0 Å². The number of hydrogen-bond donors (Lipinski definition) is 1. The lowest BCUT2D eigenvalue weighted by atomic mass is 9.99. The number of ether oxygens (including phenoxy) is 2. The molecule has 3 nitrogen and oxygen atoms in total. The van der Waals surface area contributed by atoms with Gasteiger partial charge >= 0.3 is 0 Å². The SMILES string of the molecule is C=C(CC)CC(O)c1c(OC)cccc1OC. The van der Waals surface area contributed by atoms with Crippen LogP contribution in [0.5, 0.6) is 11.5 Å². The van der Waals surface area contributed by atoms with Crippen LogP contribution >= 0.6 is 0 Å². The summed E-state index contributed by atoms with van der Waals surface area (Å²) in [5, 5.41) is 10.2. The molecule has 1 atom stereocenters. The van der Waals surface area contributed by atoms with E-state index in [1.807, 2.05) is 25.1 Å². The zero-order valence-corrected chi connectivity index (χ0v) is 10.7. The molecule has 0 amide bonds. The molecule has 1 aromatic carbocycles. The first-order valence-corrected chi connectivity index (χ1v) is 5.69. The fourth-order valence-corrected chi connectivity index (χ4v) is 1.73. The zero-order valence-electron chi connectivity index (χ0n) is 10.7. The summed E-state index contributed by atoms with van der Waals surface area (Å²) >= 11 is 0. The van der Waals surface area contributed by atoms with E-state index in [-0.39, 0.29) is 0 Å². The van der Waals surface area contributed by atoms with Gasteiger partial charge in [-0.15, -0.1) is 0 Å². The monoisotopic (exact) mass is 236 g/mol. The predicted octanol–water partition coefficient (Wildman–Crippen LogP) is 3.09. The smallest absolute Gasteiger partial charge is 0.128 e. The summed E-state index contributed by atoms with van der Waals surface area (Å²) < 4.78 is 10.5. The van der Waals surface area contributed by atoms with Crippen molar-refractivity contribution >= 4 is 0 Å². The molecule has 1 aromatic rings. The number of aliphatic hydroxyl groups excluding tert-OH is 1. The largest absolute Gasteiger partial charge is 0.496 e. The van der Waals surface area contributed by atoms with Crippen LogP contribution in [0.1, 0.15) is 31.4 Å². The molecule has 0 aliphatic heterocycles. The minimum absolute atomic E-state index is 0.521. The van der Waals surface area contributed by atoms with Crippen LogP contribution < -0.4 is 9.47 Å². The van der Waals surface area contributed by atoms with Crippen LogP contribution in [0.4, 0.5) is 0 Å². The van der Waals surface area contributed by atoms with Crippen molar-refractivity contribution in [3.63, 3.8) is 0 Å². The lowest BCUT2D eigenvalue weighted by Gasteiger charge is -2.18. The maximum atomic E-state index is 10.2. The van der Waals surface area contributed by atoms with Crippen molar-refractivity contribution in [2.75, 3.05) is 14.2 Å². The summed E-state index contributed by atoms with van der Waals surface area (Å²) in [6, 6.07) is 5.47. The number of aliphatic hydroxyl groups is 1. The molecule has 0 saturated carbocycles. The van der Waals surface area contributed by atoms with Crippen LogP contribution in [0, 0.1) is 0 Å². The first kappa shape index (κ1) is 13.6. The van der Waals surface area contributed by atoms with Crippen LogP contribution in [-0.2, 0) is 0 Å². The fraction of sp³-hybridized carbons (Fsp3) is 0.429. The van der Waals surface area contributed by atoms with E-state index in [2.05, 4.69) is 6.58 Å². The average molecular weight is 236 g/mol. The normalized spacial score (nSPS) is 12.0. The Morgan fingerprint density at radius 1 is 1.29 bits per heavy atom. The minimum Gasteiger partial charge on any atom is -0.496 e. The molecule has 3 heteroatoms. The third-order valence-electron chi connectivity index (χ3n) is 2.78. The topological polar surface area (TPSA) is 38.7 Å². The maximum Gasteiger partial charge on any atom is 0.128 e. The lowest BCUT2D eigenvalue weighted by molar-refractivity contribution is 0.168. The Labute approximate surface area is 103 Å². The van der Waals surface area contributed by atoms with Gasteiger partial charge in [-0.3, -0.25) is 0 Å². The highest BCUT2D eigenvalue weighted by atomic mass is 16.5. The molecule has 0 spiro atoms. The minimum atomic E-state index is -0.645. The summed E-state index contributed by atoms with van der Waals surface area (Å²) in [5.74, 6) is 1.28. The van der Waals surface area contributed by atoms with Gasteiger partial charge in [0.25, 0.3) is 0 Å². The van der Waals surface area contributed by atoms with Gasteiger partial charge in [0.1, 0.15) is 11.5 Å². The Kier molecular flexibility index (Phi) is 5.04. The van der Waals surface area contributed by atoms with Crippen molar-refractivity contribution in [1.29, 1.82) is 0 Å². The number of hydrogen-bond acceptors (Lipinski definition) is 3. The quantitative estimate of drug-likeness (QED) is 0.771. The van der Waals surface area contributed by atoms with Crippen molar-refractivity contribution in [2.24, 2.45) is 0 Å². The molecule has 1 N–H and O–H groups in total. The Bertz CT molecular complexity index is 363. The van der Waals surface area contributed by atoms with Crippen LogP contribution in [0.3, 0.4) is 0 Å². The second kappa shape index (κ2) is 6.30. The van der Waals surface area contributed by atoms with Crippen molar-refractivity contribution in [1.82, 2.24) is 0 Å². The van der Waals surface area contributed by atoms with Gasteiger partial charge < -0.3 is 14.6 Å². The summed E-state index contributed by atoms with van der Waals surface area (Å²) in [6.07, 6.45) is 0.732. The van der Waals surface area contributed by atoms with Crippen molar-refractivity contribution < 1.29 is 14.6 Å². The highest BCUT2D eigenvalue weighted by Crippen LogP contribution is 2.36. The molecule has 0 radical (unpaired) electrons. The van der Waals surface area contributed by atoms with E-state index in [4.69, 9.17) is 9.47 Å². The lowest BCUT2D eigenvalue weighted by Crippen LogP contribution is -2.04. The Balaban J connectivity index is 3.04. The predicted molar refractivity (Wildman–Crippen MR) is 68.6 cm³/mol. The standard InChI is InChI=1S/C14H20O3/c1-5-10(2)9-11(15)14-12(16-3)7-6-8-13(14)17-4/h6-8,11,15H,2,5,9H2,1,3-4H3. The number of benzene rings is 1. The van der Waals surface area contributed by atoms with E-state index >= 15 is 0 Å². The zero-order chi connectivity index (χ0) is 12.8. The molecular weight excluding hydrogens is 216 g/mol. The van der Waals surface area contributed by atoms with Crippen molar-refractivity contribution in [3.05, 3.63) is 35.9 Å². The molecule has 1 rings (SSSR count). The van der Waals surface area contributed by atoms with E-state index < -0.39 is 6.10 Å². The fourth-order valence-electron chi connectivity index (χ4n) is 1.73. The van der Waals surface area contributed by atoms with Gasteiger partial charge in [0.2, 0.25) is 0 Å². The van der Waals surface area contributed by atoms with E-state index in [1.54, 1.807) is 14.2 Å². The average Bonchev–Trinajstić information content (AvgIpc) is 2.37. The maximum absolute atomic E-state index is 10.2.